The van der Waals surface area contributed by atoms with E-state index in [2.05, 4.69) is 5.32 Å². The van der Waals surface area contributed by atoms with E-state index in [1.165, 1.54) is 11.8 Å². The average Bonchev–Trinajstić information content (AvgIpc) is 2.30. The SMILES string of the molecule is C[C@H](CO)NC(=O)CSc1cc(Cl)ccc1Cl. The zero-order valence-electron chi connectivity index (χ0n) is 9.24. The lowest BCUT2D eigenvalue weighted by Crippen LogP contribution is -2.36. The van der Waals surface area contributed by atoms with Gasteiger partial charge in [-0.2, -0.15) is 0 Å². The number of hydrogen-bond donors (Lipinski definition) is 2. The molecule has 0 spiro atoms. The maximum atomic E-state index is 11.5. The lowest BCUT2D eigenvalue weighted by Gasteiger charge is -2.10. The van der Waals surface area contributed by atoms with Gasteiger partial charge in [-0.3, -0.25) is 4.79 Å². The Kier molecular flexibility index (Phi) is 6.12. The normalized spacial score (nSPS) is 12.2. The van der Waals surface area contributed by atoms with Crippen LogP contribution in [0.5, 0.6) is 0 Å². The Hall–Kier alpha value is -0.420. The minimum atomic E-state index is -0.238. The van der Waals surface area contributed by atoms with Gasteiger partial charge in [-0.15, -0.1) is 11.8 Å². The molecule has 0 aliphatic rings. The highest BCUT2D eigenvalue weighted by atomic mass is 35.5. The lowest BCUT2D eigenvalue weighted by atomic mass is 10.4. The molecule has 0 aromatic heterocycles. The second kappa shape index (κ2) is 7.11. The molecular formula is C11H13Cl2NO2S. The quantitative estimate of drug-likeness (QED) is 0.821. The van der Waals surface area contributed by atoms with E-state index < -0.39 is 0 Å². The minimum Gasteiger partial charge on any atom is -0.394 e. The molecule has 1 rings (SSSR count). The molecule has 0 unspecified atom stereocenters. The summed E-state index contributed by atoms with van der Waals surface area (Å²) in [5, 5.41) is 12.6. The summed E-state index contributed by atoms with van der Waals surface area (Å²) in [5.74, 6) is 0.0947. The van der Waals surface area contributed by atoms with Gasteiger partial charge in [0.25, 0.3) is 0 Å². The molecule has 1 aromatic rings. The Morgan fingerprint density at radius 1 is 1.53 bits per heavy atom. The molecule has 0 saturated carbocycles. The number of thioether (sulfide) groups is 1. The highest BCUT2D eigenvalue weighted by Crippen LogP contribution is 2.29. The summed E-state index contributed by atoms with van der Waals surface area (Å²) in [4.78, 5) is 12.2. The molecule has 0 aliphatic carbocycles. The molecule has 0 saturated heterocycles. The summed E-state index contributed by atoms with van der Waals surface area (Å²) in [6.07, 6.45) is 0. The first-order valence-corrected chi connectivity index (χ1v) is 6.75. The summed E-state index contributed by atoms with van der Waals surface area (Å²) >= 11 is 13.1. The van der Waals surface area contributed by atoms with Gasteiger partial charge >= 0.3 is 0 Å². The van der Waals surface area contributed by atoms with Crippen molar-refractivity contribution < 1.29 is 9.90 Å². The van der Waals surface area contributed by atoms with Crippen molar-refractivity contribution in [2.24, 2.45) is 0 Å². The van der Waals surface area contributed by atoms with E-state index in [-0.39, 0.29) is 24.3 Å². The Morgan fingerprint density at radius 3 is 2.88 bits per heavy atom. The first-order valence-electron chi connectivity index (χ1n) is 5.01. The second-order valence-electron chi connectivity index (χ2n) is 3.51. The second-order valence-corrected chi connectivity index (χ2v) is 5.38. The van der Waals surface area contributed by atoms with E-state index in [0.29, 0.717) is 10.0 Å². The topological polar surface area (TPSA) is 49.3 Å². The average molecular weight is 294 g/mol. The van der Waals surface area contributed by atoms with Crippen LogP contribution in [0.1, 0.15) is 6.92 Å². The van der Waals surface area contributed by atoms with Crippen LogP contribution >= 0.6 is 35.0 Å². The van der Waals surface area contributed by atoms with Crippen LogP contribution in [0.2, 0.25) is 10.0 Å². The third-order valence-electron chi connectivity index (χ3n) is 1.93. The van der Waals surface area contributed by atoms with Crippen LogP contribution in [-0.2, 0) is 4.79 Å². The Balaban J connectivity index is 2.50. The van der Waals surface area contributed by atoms with Gasteiger partial charge in [0, 0.05) is 16.0 Å². The number of halogens is 2. The van der Waals surface area contributed by atoms with Crippen LogP contribution in [0.3, 0.4) is 0 Å². The van der Waals surface area contributed by atoms with E-state index in [1.807, 2.05) is 0 Å². The molecule has 2 N–H and O–H groups in total. The molecule has 0 radical (unpaired) electrons. The van der Waals surface area contributed by atoms with Crippen molar-refractivity contribution in [2.45, 2.75) is 17.9 Å². The zero-order chi connectivity index (χ0) is 12.8. The van der Waals surface area contributed by atoms with Crippen LogP contribution < -0.4 is 5.32 Å². The number of aliphatic hydroxyl groups excluding tert-OH is 1. The molecular weight excluding hydrogens is 281 g/mol. The van der Waals surface area contributed by atoms with Gasteiger partial charge in [-0.1, -0.05) is 23.2 Å². The van der Waals surface area contributed by atoms with Crippen molar-refractivity contribution in [2.75, 3.05) is 12.4 Å². The lowest BCUT2D eigenvalue weighted by molar-refractivity contribution is -0.119. The molecule has 0 heterocycles. The van der Waals surface area contributed by atoms with Gasteiger partial charge in [-0.25, -0.2) is 0 Å². The number of amides is 1. The number of nitrogens with one attached hydrogen (secondary N) is 1. The molecule has 3 nitrogen and oxygen atoms in total. The van der Waals surface area contributed by atoms with E-state index in [4.69, 9.17) is 28.3 Å². The molecule has 17 heavy (non-hydrogen) atoms. The van der Waals surface area contributed by atoms with E-state index in [9.17, 15) is 4.79 Å². The highest BCUT2D eigenvalue weighted by Gasteiger charge is 2.08. The molecule has 0 fully saturated rings. The van der Waals surface area contributed by atoms with E-state index in [0.717, 1.165) is 4.90 Å². The largest absolute Gasteiger partial charge is 0.394 e. The van der Waals surface area contributed by atoms with Gasteiger partial charge in [0.2, 0.25) is 5.91 Å². The number of carbonyl (C=O) groups excluding carboxylic acids is 1. The molecule has 6 heteroatoms. The maximum Gasteiger partial charge on any atom is 0.230 e. The van der Waals surface area contributed by atoms with E-state index >= 15 is 0 Å². The summed E-state index contributed by atoms with van der Waals surface area (Å²) < 4.78 is 0. The van der Waals surface area contributed by atoms with Crippen molar-refractivity contribution in [3.8, 4) is 0 Å². The Morgan fingerprint density at radius 2 is 2.24 bits per heavy atom. The predicted octanol–water partition coefficient (Wildman–Crippen LogP) is 2.58. The summed E-state index contributed by atoms with van der Waals surface area (Å²) in [5.41, 5.74) is 0. The third-order valence-corrected chi connectivity index (χ3v) is 3.67. The van der Waals surface area contributed by atoms with Crippen LogP contribution in [0, 0.1) is 0 Å². The Bertz CT molecular complexity index is 401. The fraction of sp³-hybridized carbons (Fsp3) is 0.364. The summed E-state index contributed by atoms with van der Waals surface area (Å²) in [6.45, 7) is 1.66. The number of rotatable bonds is 5. The van der Waals surface area contributed by atoms with Crippen LogP contribution in [0.25, 0.3) is 0 Å². The highest BCUT2D eigenvalue weighted by molar-refractivity contribution is 8.00. The zero-order valence-corrected chi connectivity index (χ0v) is 11.6. The molecule has 1 atom stereocenters. The van der Waals surface area contributed by atoms with Crippen molar-refractivity contribution >= 4 is 40.9 Å². The van der Waals surface area contributed by atoms with Crippen LogP contribution in [0.4, 0.5) is 0 Å². The fourth-order valence-electron chi connectivity index (χ4n) is 1.09. The van der Waals surface area contributed by atoms with Gasteiger partial charge < -0.3 is 10.4 Å². The smallest absolute Gasteiger partial charge is 0.230 e. The van der Waals surface area contributed by atoms with Gasteiger partial charge in [-0.05, 0) is 25.1 Å². The molecule has 94 valence electrons. The van der Waals surface area contributed by atoms with E-state index in [1.54, 1.807) is 25.1 Å². The summed E-state index contributed by atoms with van der Waals surface area (Å²) in [6, 6.07) is 4.87. The van der Waals surface area contributed by atoms with Gasteiger partial charge in [0.15, 0.2) is 0 Å². The van der Waals surface area contributed by atoms with Crippen LogP contribution in [0.15, 0.2) is 23.1 Å². The third kappa shape index (κ3) is 5.17. The summed E-state index contributed by atoms with van der Waals surface area (Å²) in [7, 11) is 0. The molecule has 1 aromatic carbocycles. The van der Waals surface area contributed by atoms with Crippen LogP contribution in [-0.4, -0.2) is 29.4 Å². The Labute approximate surface area is 114 Å². The standard InChI is InChI=1S/C11H13Cl2NO2S/c1-7(5-15)14-11(16)6-17-10-4-8(12)2-3-9(10)13/h2-4,7,15H,5-6H2,1H3,(H,14,16)/t7-/m1/s1. The molecule has 0 aliphatic heterocycles. The van der Waals surface area contributed by atoms with Gasteiger partial charge in [0.05, 0.1) is 17.4 Å². The van der Waals surface area contributed by atoms with Crippen molar-refractivity contribution in [3.05, 3.63) is 28.2 Å². The first kappa shape index (κ1) is 14.6. The number of benzene rings is 1. The molecule has 1 amide bonds. The fourth-order valence-corrected chi connectivity index (χ4v) is 2.40. The first-order chi connectivity index (χ1) is 8.02. The van der Waals surface area contributed by atoms with Gasteiger partial charge in [0.1, 0.15) is 0 Å². The minimum absolute atomic E-state index is 0.0751. The number of hydrogen-bond acceptors (Lipinski definition) is 3. The van der Waals surface area contributed by atoms with Crippen molar-refractivity contribution in [1.29, 1.82) is 0 Å². The number of carbonyl (C=O) groups is 1. The molecule has 0 bridgehead atoms. The predicted molar refractivity (Wildman–Crippen MR) is 71.9 cm³/mol. The monoisotopic (exact) mass is 293 g/mol. The van der Waals surface area contributed by atoms with Crippen molar-refractivity contribution in [3.63, 3.8) is 0 Å². The number of aliphatic hydroxyl groups is 1. The van der Waals surface area contributed by atoms with Crippen molar-refractivity contribution in [1.82, 2.24) is 5.32 Å². The maximum absolute atomic E-state index is 11.5.